The highest BCUT2D eigenvalue weighted by Crippen LogP contribution is 2.21. The predicted octanol–water partition coefficient (Wildman–Crippen LogP) is 0.585. The van der Waals surface area contributed by atoms with Crippen molar-refractivity contribution in [3.05, 3.63) is 22.1 Å². The number of rotatable bonds is 1. The highest BCUT2D eigenvalue weighted by molar-refractivity contribution is 7.99. The highest BCUT2D eigenvalue weighted by Gasteiger charge is 2.25. The number of nitrogens with zero attached hydrogens (tertiary/aromatic N) is 3. The minimum Gasteiger partial charge on any atom is -0.338 e. The number of carbonyl (C=O) groups is 1. The van der Waals surface area contributed by atoms with E-state index in [1.165, 1.54) is 6.20 Å². The van der Waals surface area contributed by atoms with Crippen molar-refractivity contribution in [2.45, 2.75) is 24.5 Å². The number of hydrogen-bond donors (Lipinski definition) is 0. The molecule has 1 fully saturated rings. The SMILES string of the molecule is O=C(c1cnc2n(c1=O)CCS2)N1CCCC1. The molecule has 17 heavy (non-hydrogen) atoms. The Bertz CT molecular complexity index is 520. The van der Waals surface area contributed by atoms with E-state index in [-0.39, 0.29) is 17.0 Å². The Morgan fingerprint density at radius 2 is 2.06 bits per heavy atom. The van der Waals surface area contributed by atoms with E-state index < -0.39 is 0 Å². The number of hydrogen-bond acceptors (Lipinski definition) is 4. The molecule has 0 N–H and O–H groups in total. The molecule has 0 saturated carbocycles. The van der Waals surface area contributed by atoms with Gasteiger partial charge in [-0.2, -0.15) is 0 Å². The van der Waals surface area contributed by atoms with Crippen molar-refractivity contribution < 1.29 is 4.79 Å². The van der Waals surface area contributed by atoms with Gasteiger partial charge in [0.05, 0.1) is 0 Å². The fraction of sp³-hybridized carbons (Fsp3) is 0.545. The molecule has 90 valence electrons. The standard InChI is InChI=1S/C11H13N3O2S/c15-9(13-3-1-2-4-13)8-7-12-11-14(10(8)16)5-6-17-11/h7H,1-6H2. The maximum atomic E-state index is 12.1. The molecule has 5 nitrogen and oxygen atoms in total. The normalized spacial score (nSPS) is 18.5. The van der Waals surface area contributed by atoms with Crippen molar-refractivity contribution >= 4 is 17.7 Å². The summed E-state index contributed by atoms with van der Waals surface area (Å²) in [5.41, 5.74) is 0.0371. The molecule has 0 radical (unpaired) electrons. The summed E-state index contributed by atoms with van der Waals surface area (Å²) in [4.78, 5) is 30.2. The van der Waals surface area contributed by atoms with Gasteiger partial charge in [0.15, 0.2) is 5.16 Å². The Hall–Kier alpha value is -1.30. The van der Waals surface area contributed by atoms with Crippen molar-refractivity contribution in [2.24, 2.45) is 0 Å². The van der Waals surface area contributed by atoms with Crippen molar-refractivity contribution in [1.82, 2.24) is 14.5 Å². The maximum Gasteiger partial charge on any atom is 0.267 e. The van der Waals surface area contributed by atoms with Crippen molar-refractivity contribution in [1.29, 1.82) is 0 Å². The van der Waals surface area contributed by atoms with Crippen molar-refractivity contribution in [2.75, 3.05) is 18.8 Å². The Kier molecular flexibility index (Phi) is 2.66. The first-order valence-electron chi connectivity index (χ1n) is 5.79. The summed E-state index contributed by atoms with van der Waals surface area (Å²) in [5.74, 6) is 0.705. The molecule has 3 rings (SSSR count). The number of aromatic nitrogens is 2. The largest absolute Gasteiger partial charge is 0.338 e. The minimum absolute atomic E-state index is 0.160. The van der Waals surface area contributed by atoms with Crippen LogP contribution in [0, 0.1) is 0 Å². The van der Waals surface area contributed by atoms with E-state index in [4.69, 9.17) is 0 Å². The fourth-order valence-electron chi connectivity index (χ4n) is 2.25. The monoisotopic (exact) mass is 251 g/mol. The van der Waals surface area contributed by atoms with Crippen LogP contribution in [-0.4, -0.2) is 39.2 Å². The topological polar surface area (TPSA) is 55.2 Å². The van der Waals surface area contributed by atoms with Gasteiger partial charge in [0.25, 0.3) is 11.5 Å². The van der Waals surface area contributed by atoms with E-state index in [0.717, 1.165) is 36.8 Å². The van der Waals surface area contributed by atoms with Gasteiger partial charge in [0.1, 0.15) is 5.56 Å². The number of fused-ring (bicyclic) bond motifs is 1. The smallest absolute Gasteiger partial charge is 0.267 e. The molecule has 0 unspecified atom stereocenters. The molecular weight excluding hydrogens is 238 g/mol. The van der Waals surface area contributed by atoms with Crippen LogP contribution in [-0.2, 0) is 6.54 Å². The van der Waals surface area contributed by atoms with Crippen LogP contribution in [0.4, 0.5) is 0 Å². The number of amides is 1. The zero-order chi connectivity index (χ0) is 11.8. The Morgan fingerprint density at radius 1 is 1.29 bits per heavy atom. The van der Waals surface area contributed by atoms with E-state index in [0.29, 0.717) is 6.54 Å². The molecule has 0 atom stereocenters. The predicted molar refractivity (Wildman–Crippen MR) is 64.4 cm³/mol. The Labute approximate surface area is 103 Å². The third-order valence-corrected chi connectivity index (χ3v) is 4.15. The second-order valence-corrected chi connectivity index (χ2v) is 5.32. The molecule has 3 heterocycles. The first-order valence-corrected chi connectivity index (χ1v) is 6.78. The molecule has 0 aliphatic carbocycles. The molecule has 0 spiro atoms. The lowest BCUT2D eigenvalue weighted by molar-refractivity contribution is 0.0789. The summed E-state index contributed by atoms with van der Waals surface area (Å²) < 4.78 is 1.61. The van der Waals surface area contributed by atoms with Crippen molar-refractivity contribution in [3.8, 4) is 0 Å². The van der Waals surface area contributed by atoms with Gasteiger partial charge in [0, 0.05) is 31.6 Å². The summed E-state index contributed by atoms with van der Waals surface area (Å²) in [6.07, 6.45) is 3.50. The van der Waals surface area contributed by atoms with Crippen LogP contribution in [0.3, 0.4) is 0 Å². The first kappa shape index (κ1) is 10.8. The Morgan fingerprint density at radius 3 is 2.82 bits per heavy atom. The molecular formula is C11H13N3O2S. The van der Waals surface area contributed by atoms with E-state index in [2.05, 4.69) is 4.98 Å². The summed E-state index contributed by atoms with van der Waals surface area (Å²) in [7, 11) is 0. The second-order valence-electron chi connectivity index (χ2n) is 4.26. The van der Waals surface area contributed by atoms with Crippen LogP contribution in [0.1, 0.15) is 23.2 Å². The summed E-state index contributed by atoms with van der Waals surface area (Å²) in [5, 5.41) is 0.730. The van der Waals surface area contributed by atoms with E-state index >= 15 is 0 Å². The lowest BCUT2D eigenvalue weighted by Crippen LogP contribution is -2.35. The van der Waals surface area contributed by atoms with Gasteiger partial charge < -0.3 is 4.90 Å². The molecule has 0 bridgehead atoms. The third kappa shape index (κ3) is 1.76. The summed E-state index contributed by atoms with van der Waals surface area (Å²) in [6, 6.07) is 0. The van der Waals surface area contributed by atoms with Crippen LogP contribution >= 0.6 is 11.8 Å². The van der Waals surface area contributed by atoms with Gasteiger partial charge in [0.2, 0.25) is 0 Å². The molecule has 1 aromatic heterocycles. The maximum absolute atomic E-state index is 12.1. The average molecular weight is 251 g/mol. The molecule has 1 amide bonds. The molecule has 0 aromatic carbocycles. The minimum atomic E-state index is -0.183. The Balaban J connectivity index is 1.98. The zero-order valence-electron chi connectivity index (χ0n) is 9.39. The van der Waals surface area contributed by atoms with Gasteiger partial charge in [-0.1, -0.05) is 11.8 Å². The van der Waals surface area contributed by atoms with Gasteiger partial charge in [-0.05, 0) is 12.8 Å². The lowest BCUT2D eigenvalue weighted by Gasteiger charge is -2.14. The molecule has 2 aliphatic rings. The van der Waals surface area contributed by atoms with Crippen LogP contribution in [0.5, 0.6) is 0 Å². The zero-order valence-corrected chi connectivity index (χ0v) is 10.2. The average Bonchev–Trinajstić information content (AvgIpc) is 3.00. The van der Waals surface area contributed by atoms with Crippen LogP contribution < -0.4 is 5.56 Å². The van der Waals surface area contributed by atoms with Crippen LogP contribution in [0.2, 0.25) is 0 Å². The highest BCUT2D eigenvalue weighted by atomic mass is 32.2. The number of carbonyl (C=O) groups excluding carboxylic acids is 1. The van der Waals surface area contributed by atoms with Gasteiger partial charge in [-0.3, -0.25) is 14.2 Å². The van der Waals surface area contributed by atoms with Gasteiger partial charge in [-0.15, -0.1) is 0 Å². The van der Waals surface area contributed by atoms with Gasteiger partial charge in [-0.25, -0.2) is 4.98 Å². The number of likely N-dealkylation sites (tertiary alicyclic amines) is 1. The second kappa shape index (κ2) is 4.18. The van der Waals surface area contributed by atoms with Crippen LogP contribution in [0.25, 0.3) is 0 Å². The molecule has 2 aliphatic heterocycles. The van der Waals surface area contributed by atoms with E-state index in [9.17, 15) is 9.59 Å². The van der Waals surface area contributed by atoms with Crippen molar-refractivity contribution in [3.63, 3.8) is 0 Å². The van der Waals surface area contributed by atoms with Crippen LogP contribution in [0.15, 0.2) is 16.1 Å². The third-order valence-electron chi connectivity index (χ3n) is 3.18. The van der Waals surface area contributed by atoms with E-state index in [1.807, 2.05) is 0 Å². The number of thioether (sulfide) groups is 1. The lowest BCUT2D eigenvalue weighted by atomic mass is 10.3. The first-order chi connectivity index (χ1) is 8.27. The molecule has 6 heteroatoms. The quantitative estimate of drug-likeness (QED) is 0.685. The van der Waals surface area contributed by atoms with E-state index in [1.54, 1.807) is 21.2 Å². The molecule has 1 saturated heterocycles. The fourth-order valence-corrected chi connectivity index (χ4v) is 3.17. The molecule has 1 aromatic rings. The van der Waals surface area contributed by atoms with Gasteiger partial charge >= 0.3 is 0 Å². The summed E-state index contributed by atoms with van der Waals surface area (Å²) in [6.45, 7) is 2.18. The summed E-state index contributed by atoms with van der Waals surface area (Å²) >= 11 is 1.56.